The van der Waals surface area contributed by atoms with Crippen molar-refractivity contribution in [2.45, 2.75) is 19.4 Å². The molecule has 4 heteroatoms. The van der Waals surface area contributed by atoms with Crippen molar-refractivity contribution in [3.05, 3.63) is 63.6 Å². The van der Waals surface area contributed by atoms with Crippen LogP contribution < -0.4 is 0 Å². The molecule has 0 aliphatic carbocycles. The van der Waals surface area contributed by atoms with Gasteiger partial charge in [0.15, 0.2) is 0 Å². The van der Waals surface area contributed by atoms with Crippen LogP contribution in [0.25, 0.3) is 0 Å². The Bertz CT molecular complexity index is 542. The van der Waals surface area contributed by atoms with E-state index in [0.717, 1.165) is 10.2 Å². The first-order valence-corrected chi connectivity index (χ1v) is 6.40. The zero-order chi connectivity index (χ0) is 13.1. The topological polar surface area (TPSA) is 33.1 Å². The van der Waals surface area contributed by atoms with Crippen molar-refractivity contribution in [2.75, 3.05) is 0 Å². The van der Waals surface area contributed by atoms with Gasteiger partial charge in [-0.05, 0) is 52.2 Å². The highest BCUT2D eigenvalue weighted by Gasteiger charge is 2.11. The fourth-order valence-electron chi connectivity index (χ4n) is 1.72. The smallest absolute Gasteiger partial charge is 0.126 e. The second kappa shape index (κ2) is 5.59. The minimum absolute atomic E-state index is 0.257. The van der Waals surface area contributed by atoms with Crippen LogP contribution in [0.5, 0.6) is 0 Å². The quantitative estimate of drug-likeness (QED) is 0.940. The molecule has 1 aromatic carbocycles. The summed E-state index contributed by atoms with van der Waals surface area (Å²) >= 11 is 3.31. The van der Waals surface area contributed by atoms with Gasteiger partial charge >= 0.3 is 0 Å². The van der Waals surface area contributed by atoms with Crippen LogP contribution in [-0.2, 0) is 6.42 Å². The van der Waals surface area contributed by atoms with E-state index in [1.807, 2.05) is 12.1 Å². The molecule has 0 amide bonds. The first kappa shape index (κ1) is 13.2. The molecule has 2 nitrogen and oxygen atoms in total. The summed E-state index contributed by atoms with van der Waals surface area (Å²) in [6.45, 7) is 1.68. The normalized spacial score (nSPS) is 12.4. The maximum atomic E-state index is 13.1. The van der Waals surface area contributed by atoms with E-state index in [4.69, 9.17) is 0 Å². The molecule has 2 rings (SSSR count). The van der Waals surface area contributed by atoms with Gasteiger partial charge in [-0.25, -0.2) is 4.39 Å². The highest BCUT2D eigenvalue weighted by molar-refractivity contribution is 9.10. The molecule has 1 N–H and O–H groups in total. The van der Waals surface area contributed by atoms with Crippen LogP contribution in [0.1, 0.15) is 22.9 Å². The third-order valence-electron chi connectivity index (χ3n) is 2.76. The van der Waals surface area contributed by atoms with Crippen LogP contribution >= 0.6 is 15.9 Å². The number of aromatic nitrogens is 1. The number of nitrogens with zero attached hydrogens (tertiary/aromatic N) is 1. The van der Waals surface area contributed by atoms with Gasteiger partial charge in [0, 0.05) is 22.8 Å². The van der Waals surface area contributed by atoms with Gasteiger partial charge in [-0.15, -0.1) is 0 Å². The van der Waals surface area contributed by atoms with Crippen molar-refractivity contribution in [3.8, 4) is 0 Å². The van der Waals surface area contributed by atoms with E-state index in [2.05, 4.69) is 20.9 Å². The predicted octanol–water partition coefficient (Wildman–Crippen LogP) is 3.57. The number of hydrogen-bond acceptors (Lipinski definition) is 2. The van der Waals surface area contributed by atoms with Crippen LogP contribution in [0.15, 0.2) is 41.0 Å². The average molecular weight is 310 g/mol. The minimum atomic E-state index is -0.669. The second-order valence-corrected chi connectivity index (χ2v) is 5.11. The van der Waals surface area contributed by atoms with Crippen LogP contribution in [-0.4, -0.2) is 10.1 Å². The summed E-state index contributed by atoms with van der Waals surface area (Å²) in [7, 11) is 0. The van der Waals surface area contributed by atoms with E-state index in [0.29, 0.717) is 17.5 Å². The molecule has 0 radical (unpaired) electrons. The zero-order valence-electron chi connectivity index (χ0n) is 9.90. The molecule has 0 bridgehead atoms. The summed E-state index contributed by atoms with van der Waals surface area (Å²) < 4.78 is 14.0. The molecule has 1 unspecified atom stereocenters. The van der Waals surface area contributed by atoms with E-state index < -0.39 is 6.10 Å². The monoisotopic (exact) mass is 309 g/mol. The lowest BCUT2D eigenvalue weighted by Gasteiger charge is -2.11. The lowest BCUT2D eigenvalue weighted by atomic mass is 10.0. The van der Waals surface area contributed by atoms with E-state index in [9.17, 15) is 9.50 Å². The second-order valence-electron chi connectivity index (χ2n) is 4.20. The average Bonchev–Trinajstić information content (AvgIpc) is 2.35. The Morgan fingerprint density at radius 2 is 2.11 bits per heavy atom. The largest absolute Gasteiger partial charge is 0.388 e. The number of aliphatic hydroxyl groups is 1. The molecule has 1 atom stereocenters. The first-order chi connectivity index (χ1) is 8.56. The Labute approximate surface area is 114 Å². The number of aliphatic hydroxyl groups excluding tert-OH is 1. The first-order valence-electron chi connectivity index (χ1n) is 5.61. The van der Waals surface area contributed by atoms with E-state index in [-0.39, 0.29) is 5.82 Å². The number of hydrogen-bond donors (Lipinski definition) is 1. The van der Waals surface area contributed by atoms with Gasteiger partial charge in [-0.1, -0.05) is 12.1 Å². The fraction of sp³-hybridized carbons (Fsp3) is 0.214. The number of rotatable bonds is 3. The number of pyridine rings is 1. The number of halogens is 2. The molecule has 18 heavy (non-hydrogen) atoms. The Kier molecular flexibility index (Phi) is 4.09. The van der Waals surface area contributed by atoms with E-state index >= 15 is 0 Å². The maximum absolute atomic E-state index is 13.1. The summed E-state index contributed by atoms with van der Waals surface area (Å²) in [5.41, 5.74) is 2.04. The SMILES string of the molecule is Cc1cc(C(O)Cc2ccc(Br)cn2)ccc1F. The lowest BCUT2D eigenvalue weighted by molar-refractivity contribution is 0.177. The van der Waals surface area contributed by atoms with Gasteiger partial charge in [0.1, 0.15) is 5.82 Å². The molecule has 94 valence electrons. The summed E-state index contributed by atoms with van der Waals surface area (Å²) in [5.74, 6) is -0.257. The van der Waals surface area contributed by atoms with Gasteiger partial charge in [0.2, 0.25) is 0 Å². The molecular formula is C14H13BrFNO. The predicted molar refractivity (Wildman–Crippen MR) is 71.7 cm³/mol. The van der Waals surface area contributed by atoms with Gasteiger partial charge in [-0.2, -0.15) is 0 Å². The van der Waals surface area contributed by atoms with Gasteiger partial charge < -0.3 is 5.11 Å². The highest BCUT2D eigenvalue weighted by atomic mass is 79.9. The highest BCUT2D eigenvalue weighted by Crippen LogP contribution is 2.20. The van der Waals surface area contributed by atoms with Crippen molar-refractivity contribution in [1.82, 2.24) is 4.98 Å². The lowest BCUT2D eigenvalue weighted by Crippen LogP contribution is -2.04. The molecule has 0 saturated carbocycles. The third kappa shape index (κ3) is 3.15. The molecular weight excluding hydrogens is 297 g/mol. The summed E-state index contributed by atoms with van der Waals surface area (Å²) in [6.07, 6.45) is 1.44. The molecule has 1 heterocycles. The molecule has 2 aromatic rings. The molecule has 0 saturated heterocycles. The van der Waals surface area contributed by atoms with Crippen molar-refractivity contribution in [3.63, 3.8) is 0 Å². The minimum Gasteiger partial charge on any atom is -0.388 e. The van der Waals surface area contributed by atoms with E-state index in [1.54, 1.807) is 25.3 Å². The Balaban J connectivity index is 2.13. The Morgan fingerprint density at radius 3 is 2.72 bits per heavy atom. The van der Waals surface area contributed by atoms with Crippen LogP contribution in [0.3, 0.4) is 0 Å². The third-order valence-corrected chi connectivity index (χ3v) is 3.23. The number of benzene rings is 1. The van der Waals surface area contributed by atoms with Crippen LogP contribution in [0, 0.1) is 12.7 Å². The standard InChI is InChI=1S/C14H13BrFNO/c1-9-6-10(2-5-13(9)16)14(18)7-12-4-3-11(15)8-17-12/h2-6,8,14,18H,7H2,1H3. The van der Waals surface area contributed by atoms with E-state index in [1.165, 1.54) is 6.07 Å². The maximum Gasteiger partial charge on any atom is 0.126 e. The fourth-order valence-corrected chi connectivity index (χ4v) is 1.95. The Hall–Kier alpha value is -1.26. The Morgan fingerprint density at radius 1 is 1.33 bits per heavy atom. The molecule has 0 spiro atoms. The van der Waals surface area contributed by atoms with Gasteiger partial charge in [0.05, 0.1) is 6.10 Å². The molecule has 0 fully saturated rings. The van der Waals surface area contributed by atoms with Gasteiger partial charge in [-0.3, -0.25) is 4.98 Å². The summed E-state index contributed by atoms with van der Waals surface area (Å²) in [5, 5.41) is 10.1. The molecule has 0 aliphatic rings. The number of aryl methyl sites for hydroxylation is 1. The summed E-state index contributed by atoms with van der Waals surface area (Å²) in [6, 6.07) is 8.38. The molecule has 1 aromatic heterocycles. The van der Waals surface area contributed by atoms with Gasteiger partial charge in [0.25, 0.3) is 0 Å². The van der Waals surface area contributed by atoms with Crippen molar-refractivity contribution >= 4 is 15.9 Å². The summed E-state index contributed by atoms with van der Waals surface area (Å²) in [4.78, 5) is 4.20. The van der Waals surface area contributed by atoms with Crippen molar-refractivity contribution < 1.29 is 9.50 Å². The molecule has 0 aliphatic heterocycles. The van der Waals surface area contributed by atoms with Crippen molar-refractivity contribution in [2.24, 2.45) is 0 Å². The van der Waals surface area contributed by atoms with Crippen LogP contribution in [0.4, 0.5) is 4.39 Å². The van der Waals surface area contributed by atoms with Crippen molar-refractivity contribution in [1.29, 1.82) is 0 Å². The van der Waals surface area contributed by atoms with Crippen LogP contribution in [0.2, 0.25) is 0 Å². The zero-order valence-corrected chi connectivity index (χ0v) is 11.5.